The van der Waals surface area contributed by atoms with Gasteiger partial charge in [0.15, 0.2) is 17.5 Å². The number of carbonyl (C=O) groups is 1. The molecule has 1 N–H and O–H groups in total. The van der Waals surface area contributed by atoms with Crippen molar-refractivity contribution < 1.29 is 41.3 Å². The first kappa shape index (κ1) is 31.4. The number of ether oxygens (including phenoxy) is 2. The maximum absolute atomic E-state index is 15.7. The molecule has 0 unspecified atom stereocenters. The predicted octanol–water partition coefficient (Wildman–Crippen LogP) is 7.91. The quantitative estimate of drug-likeness (QED) is 0.135. The fourth-order valence-corrected chi connectivity index (χ4v) is 5.69. The van der Waals surface area contributed by atoms with E-state index in [0.717, 1.165) is 24.3 Å². The molecule has 0 amide bonds. The van der Waals surface area contributed by atoms with Crippen LogP contribution in [0.5, 0.6) is 5.88 Å². The predicted molar refractivity (Wildman–Crippen MR) is 158 cm³/mol. The molecule has 0 radical (unpaired) electrons. The summed E-state index contributed by atoms with van der Waals surface area (Å²) in [5.74, 6) is -7.33. The van der Waals surface area contributed by atoms with Gasteiger partial charge in [0.2, 0.25) is 0 Å². The topological polar surface area (TPSA) is 86.5 Å². The molecule has 0 bridgehead atoms. The van der Waals surface area contributed by atoms with Crippen LogP contribution in [0.15, 0.2) is 54.6 Å². The van der Waals surface area contributed by atoms with Gasteiger partial charge in [0.1, 0.15) is 24.1 Å². The molecule has 3 aromatic carbocycles. The molecule has 0 spiro atoms. The molecule has 13 heteroatoms. The van der Waals surface area contributed by atoms with E-state index in [9.17, 15) is 18.7 Å². The number of carboxylic acids is 1. The highest BCUT2D eigenvalue weighted by molar-refractivity contribution is 6.30. The fraction of sp³-hybridized carbons (Fsp3) is 0.242. The Morgan fingerprint density at radius 3 is 2.48 bits per heavy atom. The summed E-state index contributed by atoms with van der Waals surface area (Å²) in [6, 6.07) is 10.4. The van der Waals surface area contributed by atoms with E-state index in [4.69, 9.17) is 21.1 Å². The van der Waals surface area contributed by atoms with Gasteiger partial charge in [-0.1, -0.05) is 31.5 Å². The van der Waals surface area contributed by atoms with Crippen LogP contribution < -0.4 is 4.74 Å². The van der Waals surface area contributed by atoms with Gasteiger partial charge in [-0.2, -0.15) is 0 Å². The first-order valence-electron chi connectivity index (χ1n) is 14.1. The van der Waals surface area contributed by atoms with Crippen molar-refractivity contribution in [3.8, 4) is 17.1 Å². The Hall–Kier alpha value is -4.55. The lowest BCUT2D eigenvalue weighted by molar-refractivity contribution is 0.0697. The number of rotatable bonds is 8. The third-order valence-corrected chi connectivity index (χ3v) is 8.27. The van der Waals surface area contributed by atoms with Gasteiger partial charge in [-0.25, -0.2) is 36.7 Å². The maximum Gasteiger partial charge on any atom is 0.335 e. The molecule has 1 fully saturated rings. The number of imidazole rings is 1. The Balaban J connectivity index is 1.36. The average molecular weight is 658 g/mol. The van der Waals surface area contributed by atoms with E-state index in [2.05, 4.69) is 9.97 Å². The van der Waals surface area contributed by atoms with E-state index in [0.29, 0.717) is 17.6 Å². The number of hydrogen-bond acceptors (Lipinski definition) is 5. The molecule has 0 aliphatic carbocycles. The standard InChI is InChI=1S/C33H25ClF5N3O4/c1-33(2)15-45-14-27(33)42-26-9-16(32(43)44)4-7-25(26)40-28(42)12-19-23(37)11-20(30(39)29(19)38)24-8-6-21(35)31(41-24)46-13-17-3-5-18(34)10-22(17)36/h3-11,27H,12-15H2,1-2H3,(H,43,44)/t27-/m1/s1. The largest absolute Gasteiger partial charge is 0.478 e. The molecule has 1 aliphatic rings. The lowest BCUT2D eigenvalue weighted by atomic mass is 9.87. The van der Waals surface area contributed by atoms with Gasteiger partial charge in [0.25, 0.3) is 5.88 Å². The monoisotopic (exact) mass is 657 g/mol. The van der Waals surface area contributed by atoms with Crippen LogP contribution in [-0.2, 0) is 17.8 Å². The van der Waals surface area contributed by atoms with Gasteiger partial charge >= 0.3 is 5.97 Å². The van der Waals surface area contributed by atoms with Crippen molar-refractivity contribution >= 4 is 28.6 Å². The summed E-state index contributed by atoms with van der Waals surface area (Å²) in [4.78, 5) is 20.1. The molecule has 5 aromatic rings. The second-order valence-corrected chi connectivity index (χ2v) is 12.1. The molecular weight excluding hydrogens is 633 g/mol. The molecule has 1 atom stereocenters. The second kappa shape index (κ2) is 12.0. The summed E-state index contributed by atoms with van der Waals surface area (Å²) in [6.45, 7) is 4.06. The van der Waals surface area contributed by atoms with Crippen molar-refractivity contribution in [2.24, 2.45) is 5.41 Å². The molecule has 7 nitrogen and oxygen atoms in total. The van der Waals surface area contributed by atoms with Crippen molar-refractivity contribution in [1.82, 2.24) is 14.5 Å². The lowest BCUT2D eigenvalue weighted by Crippen LogP contribution is -2.27. The Morgan fingerprint density at radius 1 is 1.00 bits per heavy atom. The van der Waals surface area contributed by atoms with E-state index in [1.165, 1.54) is 30.3 Å². The SMILES string of the molecule is CC1(C)COC[C@H]1n1c(Cc2c(F)cc(-c3ccc(F)c(OCc4ccc(Cl)cc4F)n3)c(F)c2F)nc2ccc(C(=O)O)cc21. The lowest BCUT2D eigenvalue weighted by Gasteiger charge is -2.28. The van der Waals surface area contributed by atoms with Crippen LogP contribution in [0.1, 0.15) is 47.2 Å². The number of halogens is 6. The minimum atomic E-state index is -1.50. The van der Waals surface area contributed by atoms with Gasteiger partial charge in [-0.3, -0.25) is 0 Å². The van der Waals surface area contributed by atoms with Gasteiger partial charge in [-0.15, -0.1) is 0 Å². The second-order valence-electron chi connectivity index (χ2n) is 11.6. The summed E-state index contributed by atoms with van der Waals surface area (Å²) in [5.41, 5.74) is -1.12. The fourth-order valence-electron chi connectivity index (χ4n) is 5.53. The number of fused-ring (bicyclic) bond motifs is 1. The summed E-state index contributed by atoms with van der Waals surface area (Å²) in [6.07, 6.45) is -0.476. The number of nitrogens with zero attached hydrogens (tertiary/aromatic N) is 3. The minimum absolute atomic E-state index is 0.00173. The molecule has 238 valence electrons. The Morgan fingerprint density at radius 2 is 1.78 bits per heavy atom. The summed E-state index contributed by atoms with van der Waals surface area (Å²) >= 11 is 5.75. The van der Waals surface area contributed by atoms with Crippen LogP contribution in [0.3, 0.4) is 0 Å². The minimum Gasteiger partial charge on any atom is -0.478 e. The van der Waals surface area contributed by atoms with E-state index in [1.54, 1.807) is 4.57 Å². The van der Waals surface area contributed by atoms with Gasteiger partial charge in [-0.05, 0) is 48.5 Å². The molecule has 46 heavy (non-hydrogen) atoms. The van der Waals surface area contributed by atoms with Crippen LogP contribution in [0.2, 0.25) is 5.02 Å². The van der Waals surface area contributed by atoms with Gasteiger partial charge in [0, 0.05) is 33.5 Å². The average Bonchev–Trinajstić information content (AvgIpc) is 3.54. The summed E-state index contributed by atoms with van der Waals surface area (Å²) in [7, 11) is 0. The van der Waals surface area contributed by atoms with Crippen molar-refractivity contribution in [3.05, 3.63) is 111 Å². The van der Waals surface area contributed by atoms with Crippen molar-refractivity contribution in [1.29, 1.82) is 0 Å². The number of benzene rings is 3. The van der Waals surface area contributed by atoms with Crippen LogP contribution in [0.4, 0.5) is 22.0 Å². The Bertz CT molecular complexity index is 2020. The van der Waals surface area contributed by atoms with Crippen molar-refractivity contribution in [3.63, 3.8) is 0 Å². The smallest absolute Gasteiger partial charge is 0.335 e. The first-order valence-corrected chi connectivity index (χ1v) is 14.4. The van der Waals surface area contributed by atoms with Crippen molar-refractivity contribution in [2.75, 3.05) is 13.2 Å². The van der Waals surface area contributed by atoms with Crippen LogP contribution in [0, 0.1) is 34.5 Å². The summed E-state index contributed by atoms with van der Waals surface area (Å²) in [5, 5.41) is 9.70. The van der Waals surface area contributed by atoms with Gasteiger partial charge in [0.05, 0.1) is 41.5 Å². The molecular formula is C33H25ClF5N3O4. The third-order valence-electron chi connectivity index (χ3n) is 8.03. The number of aromatic carboxylic acids is 1. The first-order chi connectivity index (χ1) is 21.8. The number of aromatic nitrogens is 3. The van der Waals surface area contributed by atoms with Crippen molar-refractivity contribution in [2.45, 2.75) is 32.9 Å². The van der Waals surface area contributed by atoms with Crippen LogP contribution in [0.25, 0.3) is 22.3 Å². The number of carboxylic acid groups (broad SMARTS) is 1. The zero-order valence-corrected chi connectivity index (χ0v) is 25.1. The molecule has 1 saturated heterocycles. The summed E-state index contributed by atoms with van der Waals surface area (Å²) < 4.78 is 88.2. The highest BCUT2D eigenvalue weighted by Gasteiger charge is 2.39. The van der Waals surface area contributed by atoms with E-state index in [-0.39, 0.29) is 40.3 Å². The molecule has 0 saturated carbocycles. The Labute approximate surface area is 264 Å². The normalized spacial score (nSPS) is 15.9. The third kappa shape index (κ3) is 5.78. The van der Waals surface area contributed by atoms with Crippen LogP contribution >= 0.6 is 11.6 Å². The molecule has 1 aliphatic heterocycles. The zero-order chi connectivity index (χ0) is 32.9. The Kier molecular flexibility index (Phi) is 8.20. The van der Waals surface area contributed by atoms with E-state index in [1.807, 2.05) is 13.8 Å². The van der Waals surface area contributed by atoms with E-state index >= 15 is 13.2 Å². The maximum atomic E-state index is 15.7. The molecule has 6 rings (SSSR count). The van der Waals surface area contributed by atoms with E-state index < -0.39 is 70.5 Å². The molecule has 2 aromatic heterocycles. The van der Waals surface area contributed by atoms with Gasteiger partial charge < -0.3 is 19.1 Å². The van der Waals surface area contributed by atoms with Crippen LogP contribution in [-0.4, -0.2) is 38.8 Å². The highest BCUT2D eigenvalue weighted by atomic mass is 35.5. The highest BCUT2D eigenvalue weighted by Crippen LogP contribution is 2.41. The zero-order valence-electron chi connectivity index (χ0n) is 24.4. The molecule has 3 heterocycles. The number of pyridine rings is 1. The number of hydrogen-bond donors (Lipinski definition) is 1.